The van der Waals surface area contributed by atoms with Crippen LogP contribution in [0.5, 0.6) is 0 Å². The highest BCUT2D eigenvalue weighted by Crippen LogP contribution is 2.29. The van der Waals surface area contributed by atoms with Crippen molar-refractivity contribution in [2.45, 2.75) is 10.1 Å². The Morgan fingerprint density at radius 1 is 0.680 bits per heavy atom. The average Bonchev–Trinajstić information content (AvgIpc) is 2.68. The summed E-state index contributed by atoms with van der Waals surface area (Å²) in [6.45, 7) is 0. The molecule has 0 fully saturated rings. The van der Waals surface area contributed by atoms with Crippen molar-refractivity contribution in [1.82, 2.24) is 0 Å². The molecular weight excluding hydrogens is 352 g/mol. The van der Waals surface area contributed by atoms with Gasteiger partial charge in [0.1, 0.15) is 5.25 Å². The number of hydrogen-bond acceptors (Lipinski definition) is 3. The Morgan fingerprint density at radius 2 is 1.12 bits per heavy atom. The van der Waals surface area contributed by atoms with Crippen LogP contribution in [0, 0.1) is 0 Å². The van der Waals surface area contributed by atoms with Gasteiger partial charge in [0.25, 0.3) is 0 Å². The molecule has 0 aromatic heterocycles. The van der Waals surface area contributed by atoms with E-state index in [2.05, 4.69) is 0 Å². The minimum atomic E-state index is -0.842. The Morgan fingerprint density at radius 3 is 1.56 bits per heavy atom. The summed E-state index contributed by atoms with van der Waals surface area (Å²) in [5, 5.41) is -0.226. The first kappa shape index (κ1) is 17.5. The second kappa shape index (κ2) is 8.15. The predicted octanol–water partition coefficient (Wildman–Crippen LogP) is 5.57. The molecule has 2 nitrogen and oxygen atoms in total. The zero-order valence-corrected chi connectivity index (χ0v) is 14.8. The highest BCUT2D eigenvalue weighted by Gasteiger charge is 2.29. The van der Waals surface area contributed by atoms with Gasteiger partial charge in [0.05, 0.1) is 0 Å². The summed E-state index contributed by atoms with van der Waals surface area (Å²) in [6, 6.07) is 24.9. The number of rotatable bonds is 6. The van der Waals surface area contributed by atoms with Gasteiger partial charge in [0, 0.05) is 21.0 Å². The predicted molar refractivity (Wildman–Crippen MR) is 103 cm³/mol. The Labute approximate surface area is 155 Å². The molecule has 124 valence electrons. The van der Waals surface area contributed by atoms with E-state index in [-0.39, 0.29) is 11.6 Å². The summed E-state index contributed by atoms with van der Waals surface area (Å²) >= 11 is 7.17. The maximum Gasteiger partial charge on any atom is 0.184 e. The Hall–Kier alpha value is -2.36. The van der Waals surface area contributed by atoms with E-state index in [4.69, 9.17) is 11.6 Å². The first-order valence-electron chi connectivity index (χ1n) is 7.76. The average molecular weight is 367 g/mol. The summed E-state index contributed by atoms with van der Waals surface area (Å²) in [5.74, 6) is -0.399. The highest BCUT2D eigenvalue weighted by atomic mass is 35.5. The monoisotopic (exact) mass is 366 g/mol. The van der Waals surface area contributed by atoms with Gasteiger partial charge < -0.3 is 0 Å². The van der Waals surface area contributed by atoms with Crippen molar-refractivity contribution in [3.05, 3.63) is 101 Å². The molecule has 0 N–H and O–H groups in total. The minimum absolute atomic E-state index is 0.200. The molecule has 0 amide bonds. The van der Waals surface area contributed by atoms with E-state index in [1.54, 1.807) is 60.7 Å². The lowest BCUT2D eigenvalue weighted by molar-refractivity contribution is 0.0903. The van der Waals surface area contributed by atoms with Crippen LogP contribution < -0.4 is 0 Å². The molecule has 3 aromatic rings. The van der Waals surface area contributed by atoms with E-state index >= 15 is 0 Å². The maximum atomic E-state index is 13.0. The van der Waals surface area contributed by atoms with Gasteiger partial charge in [-0.1, -0.05) is 72.3 Å². The molecule has 0 aliphatic carbocycles. The fourth-order valence-corrected chi connectivity index (χ4v) is 3.56. The van der Waals surface area contributed by atoms with Crippen molar-refractivity contribution in [3.63, 3.8) is 0 Å². The van der Waals surface area contributed by atoms with Crippen LogP contribution in [0.15, 0.2) is 89.8 Å². The van der Waals surface area contributed by atoms with E-state index in [0.29, 0.717) is 16.1 Å². The normalized spacial score (nSPS) is 10.6. The lowest BCUT2D eigenvalue weighted by atomic mass is 10.0. The molecule has 4 heteroatoms. The SMILES string of the molecule is O=C(c1ccccc1)C(Sc1ccc(Cl)cc1)C(=O)c1ccccc1. The topological polar surface area (TPSA) is 34.1 Å². The van der Waals surface area contributed by atoms with Gasteiger partial charge in [-0.05, 0) is 24.3 Å². The van der Waals surface area contributed by atoms with Gasteiger partial charge in [-0.2, -0.15) is 0 Å². The van der Waals surface area contributed by atoms with Crippen molar-refractivity contribution >= 4 is 34.9 Å². The number of carbonyl (C=O) groups is 2. The van der Waals surface area contributed by atoms with Crippen LogP contribution in [0.25, 0.3) is 0 Å². The molecule has 3 aromatic carbocycles. The number of benzene rings is 3. The second-order valence-corrected chi connectivity index (χ2v) is 7.03. The molecule has 0 bridgehead atoms. The number of halogens is 1. The third-order valence-electron chi connectivity index (χ3n) is 3.66. The summed E-state index contributed by atoms with van der Waals surface area (Å²) in [4.78, 5) is 26.7. The first-order chi connectivity index (χ1) is 12.1. The van der Waals surface area contributed by atoms with Crippen LogP contribution in [0.3, 0.4) is 0 Å². The van der Waals surface area contributed by atoms with E-state index < -0.39 is 5.25 Å². The maximum absolute atomic E-state index is 13.0. The standard InChI is InChI=1S/C21H15ClO2S/c22-17-11-13-18(14-12-17)25-21(19(23)15-7-3-1-4-8-15)20(24)16-9-5-2-6-10-16/h1-14,21H. The quantitative estimate of drug-likeness (QED) is 0.325. The molecule has 0 heterocycles. The second-order valence-electron chi connectivity index (χ2n) is 5.41. The van der Waals surface area contributed by atoms with E-state index in [1.807, 2.05) is 24.3 Å². The van der Waals surface area contributed by atoms with Gasteiger partial charge in [-0.15, -0.1) is 11.8 Å². The molecule has 25 heavy (non-hydrogen) atoms. The van der Waals surface area contributed by atoms with Crippen molar-refractivity contribution in [2.75, 3.05) is 0 Å². The van der Waals surface area contributed by atoms with Crippen LogP contribution in [-0.4, -0.2) is 16.8 Å². The van der Waals surface area contributed by atoms with Crippen LogP contribution >= 0.6 is 23.4 Å². The molecule has 0 spiro atoms. The highest BCUT2D eigenvalue weighted by molar-refractivity contribution is 8.01. The van der Waals surface area contributed by atoms with Gasteiger partial charge in [-0.25, -0.2) is 0 Å². The lowest BCUT2D eigenvalue weighted by Crippen LogP contribution is -2.27. The van der Waals surface area contributed by atoms with Crippen molar-refractivity contribution in [2.24, 2.45) is 0 Å². The molecule has 0 atom stereocenters. The van der Waals surface area contributed by atoms with Crippen LogP contribution in [0.1, 0.15) is 20.7 Å². The Bertz CT molecular complexity index is 810. The lowest BCUT2D eigenvalue weighted by Gasteiger charge is -2.15. The Kier molecular flexibility index (Phi) is 5.69. The summed E-state index contributed by atoms with van der Waals surface area (Å²) in [6.07, 6.45) is 0. The molecule has 0 saturated carbocycles. The van der Waals surface area contributed by atoms with Crippen molar-refractivity contribution in [3.8, 4) is 0 Å². The van der Waals surface area contributed by atoms with E-state index in [1.165, 1.54) is 11.8 Å². The molecule has 0 aliphatic rings. The zero-order valence-electron chi connectivity index (χ0n) is 13.3. The molecule has 3 rings (SSSR count). The number of carbonyl (C=O) groups excluding carboxylic acids is 2. The van der Waals surface area contributed by atoms with E-state index in [9.17, 15) is 9.59 Å². The number of thioether (sulfide) groups is 1. The van der Waals surface area contributed by atoms with Gasteiger partial charge in [0.15, 0.2) is 11.6 Å². The van der Waals surface area contributed by atoms with Crippen molar-refractivity contribution < 1.29 is 9.59 Å². The molecule has 0 aliphatic heterocycles. The molecule has 0 saturated heterocycles. The third kappa shape index (κ3) is 4.38. The zero-order chi connectivity index (χ0) is 17.6. The smallest absolute Gasteiger partial charge is 0.184 e. The fraction of sp³-hybridized carbons (Fsp3) is 0.0476. The van der Waals surface area contributed by atoms with Gasteiger partial charge in [-0.3, -0.25) is 9.59 Å². The van der Waals surface area contributed by atoms with Gasteiger partial charge >= 0.3 is 0 Å². The minimum Gasteiger partial charge on any atom is -0.292 e. The summed E-state index contributed by atoms with van der Waals surface area (Å²) in [7, 11) is 0. The third-order valence-corrected chi connectivity index (χ3v) is 5.12. The van der Waals surface area contributed by atoms with Gasteiger partial charge in [0.2, 0.25) is 0 Å². The number of Topliss-reactive ketones (excluding diaryl/α,β-unsaturated/α-hetero) is 2. The number of hydrogen-bond donors (Lipinski definition) is 0. The summed E-state index contributed by atoms with van der Waals surface area (Å²) < 4.78 is 0. The van der Waals surface area contributed by atoms with Crippen molar-refractivity contribution in [1.29, 1.82) is 0 Å². The molecular formula is C21H15ClO2S. The molecule has 0 radical (unpaired) electrons. The fourth-order valence-electron chi connectivity index (χ4n) is 2.38. The number of ketones is 2. The van der Waals surface area contributed by atoms with Crippen LogP contribution in [0.2, 0.25) is 5.02 Å². The van der Waals surface area contributed by atoms with E-state index in [0.717, 1.165) is 4.90 Å². The molecule has 0 unspecified atom stereocenters. The van der Waals surface area contributed by atoms with Crippen LogP contribution in [0.4, 0.5) is 0 Å². The van der Waals surface area contributed by atoms with Crippen LogP contribution in [-0.2, 0) is 0 Å². The first-order valence-corrected chi connectivity index (χ1v) is 9.01. The largest absolute Gasteiger partial charge is 0.292 e. The Balaban J connectivity index is 1.94. The summed E-state index contributed by atoms with van der Waals surface area (Å²) in [5.41, 5.74) is 1.05.